The first kappa shape index (κ1) is 14.7. The molecule has 1 aliphatic heterocycles. The number of nitrogens with one attached hydrogen (secondary N) is 1. The summed E-state index contributed by atoms with van der Waals surface area (Å²) >= 11 is 4.25. The summed E-state index contributed by atoms with van der Waals surface area (Å²) in [6, 6.07) is 0.491. The number of ether oxygens (including phenoxy) is 1. The molecule has 1 N–H and O–H groups in total. The molecular formula is C12H25NOS2. The van der Waals surface area contributed by atoms with Crippen molar-refractivity contribution >= 4 is 23.5 Å². The second-order valence-electron chi connectivity index (χ2n) is 4.43. The molecule has 1 aliphatic rings. The zero-order chi connectivity index (χ0) is 12.0. The lowest BCUT2D eigenvalue weighted by atomic mass is 10.1. The maximum Gasteiger partial charge on any atom is 0.0634 e. The van der Waals surface area contributed by atoms with Gasteiger partial charge in [0.2, 0.25) is 0 Å². The number of hydrogen-bond donors (Lipinski definition) is 1. The maximum atomic E-state index is 5.76. The van der Waals surface area contributed by atoms with Crippen LogP contribution in [0.5, 0.6) is 0 Å². The molecule has 16 heavy (non-hydrogen) atoms. The van der Waals surface area contributed by atoms with Gasteiger partial charge in [0.15, 0.2) is 0 Å². The third kappa shape index (κ3) is 4.47. The topological polar surface area (TPSA) is 21.3 Å². The highest BCUT2D eigenvalue weighted by Gasteiger charge is 2.31. The third-order valence-corrected chi connectivity index (χ3v) is 6.28. The molecule has 3 atom stereocenters. The van der Waals surface area contributed by atoms with Gasteiger partial charge in [-0.3, -0.25) is 0 Å². The summed E-state index contributed by atoms with van der Waals surface area (Å²) in [7, 11) is 2.06. The van der Waals surface area contributed by atoms with Gasteiger partial charge in [-0.15, -0.1) is 0 Å². The summed E-state index contributed by atoms with van der Waals surface area (Å²) in [6.45, 7) is 7.34. The Hall–Kier alpha value is 0.620. The van der Waals surface area contributed by atoms with Crippen LogP contribution in [0.2, 0.25) is 0 Å². The molecule has 0 saturated carbocycles. The minimum atomic E-state index is 0.331. The van der Waals surface area contributed by atoms with Crippen molar-refractivity contribution in [1.29, 1.82) is 0 Å². The van der Waals surface area contributed by atoms with Crippen LogP contribution in [0.15, 0.2) is 0 Å². The Labute approximate surface area is 109 Å². The van der Waals surface area contributed by atoms with Crippen molar-refractivity contribution in [3.63, 3.8) is 0 Å². The van der Waals surface area contributed by atoms with Gasteiger partial charge >= 0.3 is 0 Å². The zero-order valence-corrected chi connectivity index (χ0v) is 12.5. The number of rotatable bonds is 6. The molecule has 1 rings (SSSR count). The molecule has 0 aromatic heterocycles. The van der Waals surface area contributed by atoms with E-state index in [2.05, 4.69) is 56.7 Å². The van der Waals surface area contributed by atoms with Crippen molar-refractivity contribution in [2.75, 3.05) is 25.2 Å². The third-order valence-electron chi connectivity index (χ3n) is 2.87. The fourth-order valence-corrected chi connectivity index (χ4v) is 5.24. The molecule has 3 unspecified atom stereocenters. The highest BCUT2D eigenvalue weighted by Crippen LogP contribution is 2.35. The van der Waals surface area contributed by atoms with Gasteiger partial charge in [0.05, 0.1) is 12.7 Å². The lowest BCUT2D eigenvalue weighted by molar-refractivity contribution is 0.0621. The van der Waals surface area contributed by atoms with Crippen molar-refractivity contribution in [1.82, 2.24) is 5.32 Å². The minimum absolute atomic E-state index is 0.331. The van der Waals surface area contributed by atoms with Crippen LogP contribution in [-0.4, -0.2) is 47.8 Å². The van der Waals surface area contributed by atoms with E-state index >= 15 is 0 Å². The molecule has 2 nitrogen and oxygen atoms in total. The summed E-state index contributed by atoms with van der Waals surface area (Å²) in [4.78, 5) is 0. The van der Waals surface area contributed by atoms with E-state index in [9.17, 15) is 0 Å². The molecule has 0 spiro atoms. The Kier molecular flexibility index (Phi) is 7.20. The van der Waals surface area contributed by atoms with Crippen LogP contribution < -0.4 is 5.32 Å². The molecule has 96 valence electrons. The highest BCUT2D eigenvalue weighted by atomic mass is 32.2. The van der Waals surface area contributed by atoms with Crippen LogP contribution in [0.25, 0.3) is 0 Å². The average molecular weight is 263 g/mol. The van der Waals surface area contributed by atoms with E-state index in [1.165, 1.54) is 17.9 Å². The monoisotopic (exact) mass is 263 g/mol. The van der Waals surface area contributed by atoms with Gasteiger partial charge in [-0.1, -0.05) is 6.92 Å². The molecule has 1 heterocycles. The maximum absolute atomic E-state index is 5.76. The summed E-state index contributed by atoms with van der Waals surface area (Å²) in [6.07, 6.45) is 1.60. The van der Waals surface area contributed by atoms with Crippen LogP contribution in [0, 0.1) is 0 Å². The van der Waals surface area contributed by atoms with E-state index in [1.807, 2.05) is 0 Å². The predicted octanol–water partition coefficient (Wildman–Crippen LogP) is 2.63. The molecule has 0 radical (unpaired) electrons. The lowest BCUT2D eigenvalue weighted by Gasteiger charge is -2.36. The van der Waals surface area contributed by atoms with Gasteiger partial charge in [0.1, 0.15) is 0 Å². The quantitative estimate of drug-likeness (QED) is 0.795. The predicted molar refractivity (Wildman–Crippen MR) is 76.7 cm³/mol. The summed E-state index contributed by atoms with van der Waals surface area (Å²) in [5, 5.41) is 4.92. The molecule has 0 aliphatic carbocycles. The van der Waals surface area contributed by atoms with Crippen molar-refractivity contribution in [2.45, 2.75) is 49.8 Å². The van der Waals surface area contributed by atoms with Crippen LogP contribution >= 0.6 is 23.5 Å². The van der Waals surface area contributed by atoms with E-state index in [0.717, 1.165) is 11.9 Å². The summed E-state index contributed by atoms with van der Waals surface area (Å²) in [5.41, 5.74) is 0. The largest absolute Gasteiger partial charge is 0.377 e. The zero-order valence-electron chi connectivity index (χ0n) is 10.9. The molecule has 0 bridgehead atoms. The average Bonchev–Trinajstić information content (AvgIpc) is 2.30. The number of hydrogen-bond acceptors (Lipinski definition) is 4. The van der Waals surface area contributed by atoms with Crippen molar-refractivity contribution in [2.24, 2.45) is 0 Å². The Morgan fingerprint density at radius 1 is 1.31 bits per heavy atom. The summed E-state index contributed by atoms with van der Waals surface area (Å²) < 4.78 is 5.76. The first-order chi connectivity index (χ1) is 7.69. The fraction of sp³-hybridized carbons (Fsp3) is 1.00. The lowest BCUT2D eigenvalue weighted by Crippen LogP contribution is -2.46. The van der Waals surface area contributed by atoms with Gasteiger partial charge in [-0.25, -0.2) is 0 Å². The van der Waals surface area contributed by atoms with Crippen LogP contribution in [0.4, 0.5) is 0 Å². The SMILES string of the molecule is CCC1SCCSC1C(COC(C)C)NC. The minimum Gasteiger partial charge on any atom is -0.377 e. The standard InChI is InChI=1S/C12H25NOS2/c1-5-11-12(16-7-6-15-11)10(13-4)8-14-9(2)3/h9-13H,5-8H2,1-4H3. The Morgan fingerprint density at radius 3 is 2.56 bits per heavy atom. The van der Waals surface area contributed by atoms with Gasteiger partial charge in [0, 0.05) is 28.0 Å². The molecule has 4 heteroatoms. The van der Waals surface area contributed by atoms with Crippen molar-refractivity contribution < 1.29 is 4.74 Å². The van der Waals surface area contributed by atoms with E-state index in [0.29, 0.717) is 17.4 Å². The van der Waals surface area contributed by atoms with Gasteiger partial charge in [-0.2, -0.15) is 23.5 Å². The first-order valence-corrected chi connectivity index (χ1v) is 8.30. The van der Waals surface area contributed by atoms with Crippen LogP contribution in [0.1, 0.15) is 27.2 Å². The van der Waals surface area contributed by atoms with Crippen LogP contribution in [-0.2, 0) is 4.74 Å². The second-order valence-corrected chi connectivity index (χ2v) is 7.06. The molecule has 0 amide bonds. The number of thioether (sulfide) groups is 2. The highest BCUT2D eigenvalue weighted by molar-refractivity contribution is 8.07. The normalized spacial score (nSPS) is 28.3. The van der Waals surface area contributed by atoms with E-state index in [1.54, 1.807) is 0 Å². The molecule has 1 fully saturated rings. The van der Waals surface area contributed by atoms with E-state index in [-0.39, 0.29) is 0 Å². The van der Waals surface area contributed by atoms with E-state index < -0.39 is 0 Å². The van der Waals surface area contributed by atoms with Gasteiger partial charge in [-0.05, 0) is 27.3 Å². The van der Waals surface area contributed by atoms with Crippen molar-refractivity contribution in [3.05, 3.63) is 0 Å². The molecular weight excluding hydrogens is 238 g/mol. The Bertz CT molecular complexity index is 190. The number of likely N-dealkylation sites (N-methyl/N-ethyl adjacent to an activating group) is 1. The molecule has 1 saturated heterocycles. The van der Waals surface area contributed by atoms with Crippen molar-refractivity contribution in [3.8, 4) is 0 Å². The first-order valence-electron chi connectivity index (χ1n) is 6.21. The smallest absolute Gasteiger partial charge is 0.0634 e. The van der Waals surface area contributed by atoms with Gasteiger partial charge in [0.25, 0.3) is 0 Å². The molecule has 0 aromatic rings. The second kappa shape index (κ2) is 7.85. The van der Waals surface area contributed by atoms with Gasteiger partial charge < -0.3 is 10.1 Å². The van der Waals surface area contributed by atoms with Crippen LogP contribution in [0.3, 0.4) is 0 Å². The summed E-state index contributed by atoms with van der Waals surface area (Å²) in [5.74, 6) is 2.59. The van der Waals surface area contributed by atoms with E-state index in [4.69, 9.17) is 4.74 Å². The Morgan fingerprint density at radius 2 is 2.00 bits per heavy atom. The molecule has 0 aromatic carbocycles. The Balaban J connectivity index is 2.48. The fourth-order valence-electron chi connectivity index (χ4n) is 1.95.